The summed E-state index contributed by atoms with van der Waals surface area (Å²) < 4.78 is 18.6. The van der Waals surface area contributed by atoms with Gasteiger partial charge in [-0.1, -0.05) is 0 Å². The largest absolute Gasteiger partial charge is 0.496 e. The summed E-state index contributed by atoms with van der Waals surface area (Å²) >= 11 is 0. The van der Waals surface area contributed by atoms with Crippen LogP contribution < -0.4 is 4.74 Å². The Balaban J connectivity index is 2.37. The molecule has 0 spiro atoms. The monoisotopic (exact) mass is 252 g/mol. The van der Waals surface area contributed by atoms with E-state index in [4.69, 9.17) is 4.74 Å². The summed E-state index contributed by atoms with van der Waals surface area (Å²) in [6, 6.07) is 4.19. The van der Waals surface area contributed by atoms with E-state index in [2.05, 4.69) is 0 Å². The van der Waals surface area contributed by atoms with Crippen molar-refractivity contribution in [2.45, 2.75) is 13.0 Å². The minimum absolute atomic E-state index is 0.0335. The number of ether oxygens (including phenoxy) is 1. The predicted octanol–water partition coefficient (Wildman–Crippen LogP) is 2.26. The van der Waals surface area contributed by atoms with Crippen molar-refractivity contribution in [3.05, 3.63) is 29.6 Å². The van der Waals surface area contributed by atoms with Crippen molar-refractivity contribution in [1.29, 1.82) is 0 Å². The summed E-state index contributed by atoms with van der Waals surface area (Å²) in [6.07, 6.45) is 0. The van der Waals surface area contributed by atoms with E-state index in [-0.39, 0.29) is 17.9 Å². The fraction of sp³-hybridized carbons (Fsp3) is 0.462. The number of likely N-dealkylation sites (N-methyl/N-ethyl adjacent to an activating group) is 2. The quantitative estimate of drug-likeness (QED) is 0.826. The second-order valence-corrected chi connectivity index (χ2v) is 4.33. The molecule has 1 aromatic carbocycles. The third-order valence-corrected chi connectivity index (χ3v) is 3.37. The second kappa shape index (κ2) is 4.84. The lowest BCUT2D eigenvalue weighted by Gasteiger charge is -2.20. The molecular weight excluding hydrogens is 235 g/mol. The molecule has 1 aliphatic rings. The molecule has 0 radical (unpaired) electrons. The second-order valence-electron chi connectivity index (χ2n) is 4.33. The molecule has 1 aliphatic heterocycles. The number of carbonyl (C=O) groups excluding carboxylic acids is 1. The minimum atomic E-state index is -0.318. The number of carbonyl (C=O) groups is 1. The topological polar surface area (TPSA) is 32.8 Å². The van der Waals surface area contributed by atoms with Crippen LogP contribution in [0.1, 0.15) is 18.5 Å². The van der Waals surface area contributed by atoms with Crippen molar-refractivity contribution in [3.8, 4) is 5.75 Å². The van der Waals surface area contributed by atoms with Crippen LogP contribution in [-0.2, 0) is 0 Å². The van der Waals surface area contributed by atoms with Crippen LogP contribution >= 0.6 is 0 Å². The highest BCUT2D eigenvalue weighted by Crippen LogP contribution is 2.34. The van der Waals surface area contributed by atoms with Gasteiger partial charge in [0.05, 0.1) is 13.2 Å². The van der Waals surface area contributed by atoms with Crippen molar-refractivity contribution >= 4 is 6.03 Å². The summed E-state index contributed by atoms with van der Waals surface area (Å²) in [5.41, 5.74) is 0.712. The minimum Gasteiger partial charge on any atom is -0.496 e. The van der Waals surface area contributed by atoms with Gasteiger partial charge in [0.25, 0.3) is 0 Å². The van der Waals surface area contributed by atoms with Gasteiger partial charge in [-0.25, -0.2) is 9.18 Å². The smallest absolute Gasteiger partial charge is 0.320 e. The fourth-order valence-electron chi connectivity index (χ4n) is 2.30. The lowest BCUT2D eigenvalue weighted by atomic mass is 10.1. The molecule has 0 aliphatic carbocycles. The molecule has 18 heavy (non-hydrogen) atoms. The van der Waals surface area contributed by atoms with Crippen LogP contribution in [0, 0.1) is 5.82 Å². The van der Waals surface area contributed by atoms with E-state index in [1.165, 1.54) is 12.1 Å². The molecule has 2 amide bonds. The predicted molar refractivity (Wildman–Crippen MR) is 66.1 cm³/mol. The molecule has 0 N–H and O–H groups in total. The molecule has 1 fully saturated rings. The number of rotatable bonds is 3. The van der Waals surface area contributed by atoms with E-state index in [1.54, 1.807) is 30.0 Å². The summed E-state index contributed by atoms with van der Waals surface area (Å²) in [5, 5.41) is 0. The van der Waals surface area contributed by atoms with Crippen LogP contribution in [0.25, 0.3) is 0 Å². The van der Waals surface area contributed by atoms with Gasteiger partial charge in [0, 0.05) is 25.7 Å². The number of halogens is 1. The maximum atomic E-state index is 13.4. The molecule has 1 unspecified atom stereocenters. The Morgan fingerprint density at radius 2 is 2.22 bits per heavy atom. The van der Waals surface area contributed by atoms with Gasteiger partial charge in [0.1, 0.15) is 11.6 Å². The Morgan fingerprint density at radius 3 is 2.78 bits per heavy atom. The van der Waals surface area contributed by atoms with Crippen molar-refractivity contribution in [2.75, 3.05) is 27.2 Å². The van der Waals surface area contributed by atoms with Gasteiger partial charge < -0.3 is 14.5 Å². The van der Waals surface area contributed by atoms with Gasteiger partial charge in [-0.15, -0.1) is 0 Å². The molecule has 1 saturated heterocycles. The number of methoxy groups -OCH3 is 1. The number of benzene rings is 1. The zero-order valence-electron chi connectivity index (χ0n) is 10.8. The highest BCUT2D eigenvalue weighted by atomic mass is 19.1. The van der Waals surface area contributed by atoms with Crippen molar-refractivity contribution in [1.82, 2.24) is 9.80 Å². The number of hydrogen-bond donors (Lipinski definition) is 0. The fourth-order valence-corrected chi connectivity index (χ4v) is 2.30. The molecule has 1 aromatic rings. The Bertz CT molecular complexity index is 464. The Hall–Kier alpha value is -1.78. The molecule has 0 saturated carbocycles. The van der Waals surface area contributed by atoms with Gasteiger partial charge in [-0.3, -0.25) is 0 Å². The first-order chi connectivity index (χ1) is 8.58. The first kappa shape index (κ1) is 12.7. The number of nitrogens with zero attached hydrogens (tertiary/aromatic N) is 2. The summed E-state index contributed by atoms with van der Waals surface area (Å²) in [4.78, 5) is 15.3. The highest BCUT2D eigenvalue weighted by Gasteiger charge is 2.36. The Labute approximate surface area is 106 Å². The van der Waals surface area contributed by atoms with E-state index in [0.717, 1.165) is 0 Å². The number of hydrogen-bond acceptors (Lipinski definition) is 2. The van der Waals surface area contributed by atoms with Gasteiger partial charge in [-0.05, 0) is 25.1 Å². The average molecular weight is 252 g/mol. The average Bonchev–Trinajstić information content (AvgIpc) is 2.66. The van der Waals surface area contributed by atoms with Crippen molar-refractivity contribution in [2.24, 2.45) is 0 Å². The normalized spacial score (nSPS) is 19.6. The van der Waals surface area contributed by atoms with E-state index in [0.29, 0.717) is 24.4 Å². The zero-order valence-corrected chi connectivity index (χ0v) is 10.8. The van der Waals surface area contributed by atoms with Crippen molar-refractivity contribution < 1.29 is 13.9 Å². The molecule has 0 bridgehead atoms. The van der Waals surface area contributed by atoms with E-state index in [1.807, 2.05) is 6.92 Å². The molecule has 2 rings (SSSR count). The molecule has 1 atom stereocenters. The van der Waals surface area contributed by atoms with Crippen LogP contribution in [-0.4, -0.2) is 43.1 Å². The SMILES string of the molecule is CCN1CC(c2cc(F)ccc2OC)N(C)C1=O. The van der Waals surface area contributed by atoms with Gasteiger partial charge in [-0.2, -0.15) is 0 Å². The molecule has 0 aromatic heterocycles. The molecule has 4 nitrogen and oxygen atoms in total. The Morgan fingerprint density at radius 1 is 1.50 bits per heavy atom. The third-order valence-electron chi connectivity index (χ3n) is 3.37. The van der Waals surface area contributed by atoms with Crippen LogP contribution in [0.15, 0.2) is 18.2 Å². The zero-order chi connectivity index (χ0) is 13.3. The summed E-state index contributed by atoms with van der Waals surface area (Å²) in [7, 11) is 3.28. The highest BCUT2D eigenvalue weighted by molar-refractivity contribution is 5.77. The molecule has 98 valence electrons. The van der Waals surface area contributed by atoms with Crippen LogP contribution in [0.4, 0.5) is 9.18 Å². The Kier molecular flexibility index (Phi) is 3.41. The molecular formula is C13H17FN2O2. The van der Waals surface area contributed by atoms with Crippen LogP contribution in [0.3, 0.4) is 0 Å². The van der Waals surface area contributed by atoms with Gasteiger partial charge in [0.15, 0.2) is 0 Å². The van der Waals surface area contributed by atoms with Crippen LogP contribution in [0.2, 0.25) is 0 Å². The van der Waals surface area contributed by atoms with E-state index in [9.17, 15) is 9.18 Å². The summed E-state index contributed by atoms with van der Waals surface area (Å²) in [5.74, 6) is 0.292. The third kappa shape index (κ3) is 2.00. The standard InChI is InChI=1S/C13H17FN2O2/c1-4-16-8-11(15(2)13(16)17)10-7-9(14)5-6-12(10)18-3/h5-7,11H,4,8H2,1-3H3. The maximum absolute atomic E-state index is 13.4. The summed E-state index contributed by atoms with van der Waals surface area (Å²) in [6.45, 7) is 3.14. The maximum Gasteiger partial charge on any atom is 0.320 e. The van der Waals surface area contributed by atoms with E-state index >= 15 is 0 Å². The molecule has 1 heterocycles. The number of urea groups is 1. The first-order valence-electron chi connectivity index (χ1n) is 5.93. The van der Waals surface area contributed by atoms with Gasteiger partial charge >= 0.3 is 6.03 Å². The first-order valence-corrected chi connectivity index (χ1v) is 5.93. The molecule has 5 heteroatoms. The number of amides is 2. The van der Waals surface area contributed by atoms with E-state index < -0.39 is 0 Å². The van der Waals surface area contributed by atoms with Crippen LogP contribution in [0.5, 0.6) is 5.75 Å². The lowest BCUT2D eigenvalue weighted by Crippen LogP contribution is -2.29. The lowest BCUT2D eigenvalue weighted by molar-refractivity contribution is 0.197. The van der Waals surface area contributed by atoms with Gasteiger partial charge in [0.2, 0.25) is 0 Å². The van der Waals surface area contributed by atoms with Crippen molar-refractivity contribution in [3.63, 3.8) is 0 Å².